The zero-order chi connectivity index (χ0) is 14.3. The average molecular weight is 266 g/mol. The molecular formula is C16H18N4+2. The number of pyridine rings is 1. The van der Waals surface area contributed by atoms with Crippen LogP contribution in [0.2, 0.25) is 0 Å². The van der Waals surface area contributed by atoms with Crippen molar-refractivity contribution in [2.45, 2.75) is 6.92 Å². The highest BCUT2D eigenvalue weighted by Gasteiger charge is 2.16. The third-order valence-corrected chi connectivity index (χ3v) is 3.58. The Morgan fingerprint density at radius 1 is 1.10 bits per heavy atom. The van der Waals surface area contributed by atoms with Crippen LogP contribution in [0.3, 0.4) is 0 Å². The molecule has 0 radical (unpaired) electrons. The molecule has 0 unspecified atom stereocenters. The predicted octanol–water partition coefficient (Wildman–Crippen LogP) is 0.204. The molecule has 0 bridgehead atoms. The molecule has 0 amide bonds. The van der Waals surface area contributed by atoms with E-state index in [9.17, 15) is 0 Å². The minimum Gasteiger partial charge on any atom is -0.287 e. The van der Waals surface area contributed by atoms with Gasteiger partial charge in [-0.3, -0.25) is 11.1 Å². The van der Waals surface area contributed by atoms with Gasteiger partial charge in [0, 0.05) is 11.6 Å². The molecule has 0 saturated heterocycles. The second-order valence-corrected chi connectivity index (χ2v) is 5.08. The number of hydrogen-bond donors (Lipinski definition) is 2. The van der Waals surface area contributed by atoms with Gasteiger partial charge in [0.2, 0.25) is 0 Å². The third-order valence-electron chi connectivity index (χ3n) is 3.58. The van der Waals surface area contributed by atoms with E-state index >= 15 is 0 Å². The first-order valence-corrected chi connectivity index (χ1v) is 6.52. The van der Waals surface area contributed by atoms with Crippen molar-refractivity contribution in [3.8, 4) is 11.3 Å². The van der Waals surface area contributed by atoms with Crippen LogP contribution in [0.15, 0.2) is 48.8 Å². The van der Waals surface area contributed by atoms with E-state index in [2.05, 4.69) is 47.5 Å². The van der Waals surface area contributed by atoms with Crippen LogP contribution in [-0.2, 0) is 7.05 Å². The van der Waals surface area contributed by atoms with Crippen LogP contribution < -0.4 is 15.5 Å². The molecule has 1 aromatic carbocycles. The highest BCUT2D eigenvalue weighted by molar-refractivity contribution is 5.93. The lowest BCUT2D eigenvalue weighted by atomic mass is 10.1. The topological polar surface area (TPSA) is 60.6 Å². The fourth-order valence-electron chi connectivity index (χ4n) is 2.45. The Morgan fingerprint density at radius 3 is 2.45 bits per heavy atom. The summed E-state index contributed by atoms with van der Waals surface area (Å²) < 4.78 is 4.31. The van der Waals surface area contributed by atoms with Crippen molar-refractivity contribution in [2.24, 2.45) is 12.8 Å². The number of fused-ring (bicyclic) bond motifs is 1. The Labute approximate surface area is 117 Å². The Morgan fingerprint density at radius 2 is 1.80 bits per heavy atom. The summed E-state index contributed by atoms with van der Waals surface area (Å²) in [6, 6.07) is 12.2. The van der Waals surface area contributed by atoms with Gasteiger partial charge in [-0.25, -0.2) is 8.97 Å². The van der Waals surface area contributed by atoms with Gasteiger partial charge in [0.25, 0.3) is 11.5 Å². The highest BCUT2D eigenvalue weighted by Crippen LogP contribution is 2.20. The van der Waals surface area contributed by atoms with Gasteiger partial charge in [-0.2, -0.15) is 0 Å². The quantitative estimate of drug-likeness (QED) is 0.389. The number of nitrogens with two attached hydrogens (primary N) is 2. The molecule has 0 aliphatic carbocycles. The van der Waals surface area contributed by atoms with Gasteiger partial charge in [0.1, 0.15) is 6.20 Å². The fraction of sp³-hybridized carbons (Fsp3) is 0.125. The number of imidazole rings is 1. The SMILES string of the molecule is Cc1ccc2n(C)c(-c3ccc(C(N)=[NH2+])cc3)c[n+]2c1. The maximum absolute atomic E-state index is 5.60. The smallest absolute Gasteiger partial charge is 0.286 e. The Bertz CT molecular complexity index is 797. The van der Waals surface area contributed by atoms with Gasteiger partial charge in [-0.05, 0) is 42.8 Å². The second kappa shape index (κ2) is 4.49. The summed E-state index contributed by atoms with van der Waals surface area (Å²) in [6.07, 6.45) is 4.26. The molecule has 0 fully saturated rings. The second-order valence-electron chi connectivity index (χ2n) is 5.08. The van der Waals surface area contributed by atoms with Crippen LogP contribution in [0, 0.1) is 6.92 Å². The van der Waals surface area contributed by atoms with E-state index in [0.717, 1.165) is 22.5 Å². The van der Waals surface area contributed by atoms with Gasteiger partial charge in [-0.15, -0.1) is 0 Å². The summed E-state index contributed by atoms with van der Waals surface area (Å²) in [6.45, 7) is 2.09. The lowest BCUT2D eigenvalue weighted by molar-refractivity contribution is -0.510. The minimum atomic E-state index is 0.346. The molecule has 4 heteroatoms. The minimum absolute atomic E-state index is 0.346. The summed E-state index contributed by atoms with van der Waals surface area (Å²) in [5, 5.41) is 5.60. The highest BCUT2D eigenvalue weighted by atomic mass is 15.1. The van der Waals surface area contributed by atoms with Crippen LogP contribution in [0.25, 0.3) is 16.9 Å². The zero-order valence-corrected chi connectivity index (χ0v) is 11.7. The molecule has 4 nitrogen and oxygen atoms in total. The van der Waals surface area contributed by atoms with Crippen molar-refractivity contribution in [3.05, 3.63) is 59.9 Å². The summed E-state index contributed by atoms with van der Waals surface area (Å²) in [7, 11) is 2.07. The van der Waals surface area contributed by atoms with Crippen LogP contribution in [-0.4, -0.2) is 10.4 Å². The fourth-order valence-corrected chi connectivity index (χ4v) is 2.45. The first-order valence-electron chi connectivity index (χ1n) is 6.52. The molecule has 3 aromatic rings. The van der Waals surface area contributed by atoms with Gasteiger partial charge in [0.15, 0.2) is 5.69 Å². The molecule has 3 rings (SSSR count). The molecule has 0 spiro atoms. The molecule has 20 heavy (non-hydrogen) atoms. The summed E-state index contributed by atoms with van der Waals surface area (Å²) in [5.41, 5.74) is 11.1. The largest absolute Gasteiger partial charge is 0.287 e. The molecule has 2 aromatic heterocycles. The maximum atomic E-state index is 5.60. The maximum Gasteiger partial charge on any atom is 0.286 e. The van der Waals surface area contributed by atoms with Crippen molar-refractivity contribution in [1.82, 2.24) is 4.57 Å². The zero-order valence-electron chi connectivity index (χ0n) is 11.7. The van der Waals surface area contributed by atoms with E-state index in [-0.39, 0.29) is 0 Å². The lowest BCUT2D eigenvalue weighted by Crippen LogP contribution is -2.46. The summed E-state index contributed by atoms with van der Waals surface area (Å²) >= 11 is 0. The molecule has 0 saturated carbocycles. The Hall–Kier alpha value is -2.62. The molecule has 0 aliphatic heterocycles. The summed E-state index contributed by atoms with van der Waals surface area (Å²) in [5.74, 6) is 0.346. The number of benzene rings is 1. The number of rotatable bonds is 2. The number of hydrogen-bond acceptors (Lipinski definition) is 0. The van der Waals surface area contributed by atoms with Gasteiger partial charge in [-0.1, -0.05) is 0 Å². The van der Waals surface area contributed by atoms with E-state index in [1.54, 1.807) is 0 Å². The molecule has 0 atom stereocenters. The van der Waals surface area contributed by atoms with Crippen LogP contribution in [0.4, 0.5) is 0 Å². The van der Waals surface area contributed by atoms with Crippen molar-refractivity contribution in [2.75, 3.05) is 0 Å². The molecule has 4 N–H and O–H groups in total. The van der Waals surface area contributed by atoms with E-state index in [4.69, 9.17) is 11.1 Å². The van der Waals surface area contributed by atoms with Crippen molar-refractivity contribution in [1.29, 1.82) is 0 Å². The van der Waals surface area contributed by atoms with Gasteiger partial charge in [0.05, 0.1) is 18.8 Å². The number of nitrogens with zero attached hydrogens (tertiary/aromatic N) is 2. The number of aromatic nitrogens is 2. The van der Waals surface area contributed by atoms with E-state index in [1.165, 1.54) is 5.56 Å². The van der Waals surface area contributed by atoms with Crippen LogP contribution >= 0.6 is 0 Å². The van der Waals surface area contributed by atoms with Crippen LogP contribution in [0.5, 0.6) is 0 Å². The molecule has 0 aliphatic rings. The first-order chi connectivity index (χ1) is 9.56. The van der Waals surface area contributed by atoms with Gasteiger partial charge >= 0.3 is 0 Å². The van der Waals surface area contributed by atoms with E-state index < -0.39 is 0 Å². The third kappa shape index (κ3) is 1.95. The molecular weight excluding hydrogens is 248 g/mol. The summed E-state index contributed by atoms with van der Waals surface area (Å²) in [4.78, 5) is 0. The van der Waals surface area contributed by atoms with Crippen LogP contribution in [0.1, 0.15) is 11.1 Å². The number of amidine groups is 1. The Kier molecular flexibility index (Phi) is 2.79. The Balaban J connectivity index is 2.14. The average Bonchev–Trinajstić information content (AvgIpc) is 2.75. The lowest BCUT2D eigenvalue weighted by Gasteiger charge is -1.98. The molecule has 100 valence electrons. The predicted molar refractivity (Wildman–Crippen MR) is 79.0 cm³/mol. The van der Waals surface area contributed by atoms with Crippen molar-refractivity contribution in [3.63, 3.8) is 0 Å². The van der Waals surface area contributed by atoms with Gasteiger partial charge < -0.3 is 0 Å². The van der Waals surface area contributed by atoms with E-state index in [0.29, 0.717) is 5.84 Å². The standard InChI is InChI=1S/C16H17N4/c1-11-3-8-15-19(2)14(10-20(15)9-11)12-4-6-13(7-5-12)16(17)18/h3-10H,1-2H3,(H3,17,18)/q+1/p+1. The van der Waals surface area contributed by atoms with Crippen molar-refractivity contribution >= 4 is 11.5 Å². The first kappa shape index (κ1) is 12.4. The molecule has 2 heterocycles. The monoisotopic (exact) mass is 266 g/mol. The van der Waals surface area contributed by atoms with Crippen molar-refractivity contribution < 1.29 is 9.81 Å². The van der Waals surface area contributed by atoms with E-state index in [1.807, 2.05) is 24.3 Å². The number of aryl methyl sites for hydroxylation is 2. The normalized spacial score (nSPS) is 10.9.